The number of carbonyl (C=O) groups is 2. The van der Waals surface area contributed by atoms with Gasteiger partial charge in [0.1, 0.15) is 12.4 Å². The van der Waals surface area contributed by atoms with Crippen LogP contribution in [0.3, 0.4) is 0 Å². The van der Waals surface area contributed by atoms with Crippen molar-refractivity contribution in [3.63, 3.8) is 0 Å². The Hall–Kier alpha value is -3.27. The maximum absolute atomic E-state index is 13.0. The third-order valence-corrected chi connectivity index (χ3v) is 6.70. The van der Waals surface area contributed by atoms with Gasteiger partial charge in [-0.1, -0.05) is 23.9 Å². The highest BCUT2D eigenvalue weighted by Crippen LogP contribution is 2.31. The maximum Gasteiger partial charge on any atom is 0.217 e. The lowest BCUT2D eigenvalue weighted by atomic mass is 10.2. The number of thioether (sulfide) groups is 1. The molecule has 1 aliphatic heterocycles. The Morgan fingerprint density at radius 1 is 1.21 bits per heavy atom. The fraction of sp³-hybridized carbons (Fsp3) is 0.391. The lowest BCUT2D eigenvalue weighted by Gasteiger charge is -2.27. The van der Waals surface area contributed by atoms with Crippen LogP contribution in [-0.4, -0.2) is 49.5 Å². The number of ether oxygens (including phenoxy) is 2. The summed E-state index contributed by atoms with van der Waals surface area (Å²) in [4.78, 5) is 24.0. The number of primary amides is 1. The van der Waals surface area contributed by atoms with Gasteiger partial charge >= 0.3 is 0 Å². The van der Waals surface area contributed by atoms with Gasteiger partial charge in [0.25, 0.3) is 0 Å². The second kappa shape index (κ2) is 9.70. The Morgan fingerprint density at radius 2 is 1.97 bits per heavy atom. The van der Waals surface area contributed by atoms with E-state index < -0.39 is 0 Å². The van der Waals surface area contributed by atoms with E-state index in [2.05, 4.69) is 14.8 Å². The quantitative estimate of drug-likeness (QED) is 0.378. The number of amides is 1. The van der Waals surface area contributed by atoms with E-state index in [1.54, 1.807) is 4.57 Å². The summed E-state index contributed by atoms with van der Waals surface area (Å²) >= 11 is 1.33. The van der Waals surface area contributed by atoms with Crippen molar-refractivity contribution in [2.24, 2.45) is 12.8 Å². The molecule has 2 N–H and O–H groups in total. The Morgan fingerprint density at radius 3 is 2.73 bits per heavy atom. The van der Waals surface area contributed by atoms with Gasteiger partial charge in [-0.25, -0.2) is 0 Å². The van der Waals surface area contributed by atoms with E-state index in [0.717, 1.165) is 22.9 Å². The molecule has 10 heteroatoms. The third-order valence-electron chi connectivity index (χ3n) is 5.68. The van der Waals surface area contributed by atoms with Crippen LogP contribution in [0.15, 0.2) is 35.5 Å². The molecular formula is C23H27N5O4S. The van der Waals surface area contributed by atoms with Gasteiger partial charge in [-0.2, -0.15) is 0 Å². The van der Waals surface area contributed by atoms with Gasteiger partial charge in [-0.15, -0.1) is 10.2 Å². The zero-order valence-corrected chi connectivity index (χ0v) is 19.7. The van der Waals surface area contributed by atoms with Crippen LogP contribution < -0.4 is 15.2 Å². The molecule has 3 aromatic rings. The molecule has 0 bridgehead atoms. The highest BCUT2D eigenvalue weighted by molar-refractivity contribution is 7.99. The van der Waals surface area contributed by atoms with E-state index in [-0.39, 0.29) is 30.0 Å². The number of benzene rings is 1. The van der Waals surface area contributed by atoms with Crippen LogP contribution in [0.2, 0.25) is 0 Å². The van der Waals surface area contributed by atoms with Gasteiger partial charge in [0.2, 0.25) is 5.91 Å². The monoisotopic (exact) mass is 469 g/mol. The van der Waals surface area contributed by atoms with E-state index in [1.165, 1.54) is 11.8 Å². The Labute approximate surface area is 196 Å². The second-order valence-corrected chi connectivity index (χ2v) is 8.97. The number of aromatic nitrogens is 4. The summed E-state index contributed by atoms with van der Waals surface area (Å²) in [7, 11) is 1.82. The predicted molar refractivity (Wildman–Crippen MR) is 124 cm³/mol. The molecule has 174 valence electrons. The Bertz CT molecular complexity index is 1190. The number of ketones is 1. The van der Waals surface area contributed by atoms with Crippen LogP contribution in [0.4, 0.5) is 0 Å². The number of hydrogen-bond donors (Lipinski definition) is 1. The summed E-state index contributed by atoms with van der Waals surface area (Å²) in [5.41, 5.74) is 7.79. The van der Waals surface area contributed by atoms with Gasteiger partial charge in [0, 0.05) is 36.8 Å². The van der Waals surface area contributed by atoms with Crippen LogP contribution in [0.5, 0.6) is 11.5 Å². The molecule has 1 aliphatic rings. The molecule has 0 aliphatic carbocycles. The molecule has 2 aromatic heterocycles. The van der Waals surface area contributed by atoms with Gasteiger partial charge in [-0.3, -0.25) is 9.59 Å². The number of hydrogen-bond acceptors (Lipinski definition) is 7. The number of nitrogens with two attached hydrogens (primary N) is 1. The van der Waals surface area contributed by atoms with Gasteiger partial charge < -0.3 is 24.3 Å². The second-order valence-electron chi connectivity index (χ2n) is 8.03. The van der Waals surface area contributed by atoms with Crippen molar-refractivity contribution < 1.29 is 19.1 Å². The zero-order valence-electron chi connectivity index (χ0n) is 18.9. The number of nitrogens with zero attached hydrogens (tertiary/aromatic N) is 4. The van der Waals surface area contributed by atoms with E-state index in [1.807, 2.05) is 51.2 Å². The SMILES string of the molecule is Cc1cc(C(=O)CSc2nnc(CCC(N)=O)n2C)c(C)n1C[C@@H]1COc2ccccc2O1. The molecule has 0 fully saturated rings. The molecule has 0 unspecified atom stereocenters. The largest absolute Gasteiger partial charge is 0.486 e. The number of fused-ring (bicyclic) bond motifs is 1. The molecule has 3 heterocycles. The molecular weight excluding hydrogens is 442 g/mol. The first-order valence-corrected chi connectivity index (χ1v) is 11.7. The summed E-state index contributed by atoms with van der Waals surface area (Å²) in [5.74, 6) is 2.03. The maximum atomic E-state index is 13.0. The van der Waals surface area contributed by atoms with E-state index >= 15 is 0 Å². The molecule has 1 amide bonds. The predicted octanol–water partition coefficient (Wildman–Crippen LogP) is 2.47. The van der Waals surface area contributed by atoms with E-state index in [4.69, 9.17) is 15.2 Å². The summed E-state index contributed by atoms with van der Waals surface area (Å²) in [6, 6.07) is 9.55. The minimum atomic E-state index is -0.382. The van der Waals surface area contributed by atoms with Crippen molar-refractivity contribution in [1.29, 1.82) is 0 Å². The average molecular weight is 470 g/mol. The Kier molecular flexibility index (Phi) is 6.73. The molecule has 9 nitrogen and oxygen atoms in total. The molecule has 0 saturated carbocycles. The summed E-state index contributed by atoms with van der Waals surface area (Å²) in [6.07, 6.45) is 0.494. The average Bonchev–Trinajstić information content (AvgIpc) is 3.29. The van der Waals surface area contributed by atoms with Crippen molar-refractivity contribution in [2.45, 2.75) is 44.5 Å². The minimum absolute atomic E-state index is 0.0206. The number of rotatable bonds is 9. The fourth-order valence-corrected chi connectivity index (χ4v) is 4.67. The molecule has 0 saturated heterocycles. The molecule has 0 radical (unpaired) electrons. The van der Waals surface area contributed by atoms with Crippen molar-refractivity contribution >= 4 is 23.5 Å². The number of Topliss-reactive ketones (excluding diaryl/α,β-unsaturated/α-hetero) is 1. The highest BCUT2D eigenvalue weighted by Gasteiger charge is 2.24. The van der Waals surface area contributed by atoms with Crippen LogP contribution in [0.1, 0.15) is 34.0 Å². The lowest BCUT2D eigenvalue weighted by molar-refractivity contribution is -0.118. The summed E-state index contributed by atoms with van der Waals surface area (Å²) in [6.45, 7) is 4.99. The van der Waals surface area contributed by atoms with Crippen molar-refractivity contribution in [3.8, 4) is 11.5 Å². The molecule has 33 heavy (non-hydrogen) atoms. The van der Waals surface area contributed by atoms with Crippen LogP contribution in [0, 0.1) is 13.8 Å². The third kappa shape index (κ3) is 5.05. The topological polar surface area (TPSA) is 114 Å². The van der Waals surface area contributed by atoms with Gasteiger partial charge in [-0.05, 0) is 32.0 Å². The number of aryl methyl sites for hydroxylation is 2. The highest BCUT2D eigenvalue weighted by atomic mass is 32.2. The Balaban J connectivity index is 1.40. The van der Waals surface area contributed by atoms with Gasteiger partial charge in [0.05, 0.1) is 12.3 Å². The molecule has 1 aromatic carbocycles. The zero-order chi connectivity index (χ0) is 23.5. The first-order valence-electron chi connectivity index (χ1n) is 10.7. The van der Waals surface area contributed by atoms with E-state index in [9.17, 15) is 9.59 Å². The van der Waals surface area contributed by atoms with Crippen molar-refractivity contribution in [3.05, 3.63) is 53.1 Å². The normalized spacial score (nSPS) is 14.9. The van der Waals surface area contributed by atoms with Crippen LogP contribution >= 0.6 is 11.8 Å². The lowest BCUT2D eigenvalue weighted by Crippen LogP contribution is -2.33. The van der Waals surface area contributed by atoms with Crippen molar-refractivity contribution in [1.82, 2.24) is 19.3 Å². The first-order chi connectivity index (χ1) is 15.8. The smallest absolute Gasteiger partial charge is 0.217 e. The first kappa shape index (κ1) is 22.9. The molecule has 1 atom stereocenters. The standard InChI is InChI=1S/C23H27N5O4S/c1-14-10-17(18(29)13-33-23-26-25-22(27(23)3)9-8-21(24)30)15(2)28(14)11-16-12-31-19-6-4-5-7-20(19)32-16/h4-7,10,16H,8-9,11-13H2,1-3H3,(H2,24,30)/t16-/m1/s1. The number of para-hydroxylation sites is 2. The van der Waals surface area contributed by atoms with Gasteiger partial charge in [0.15, 0.2) is 28.5 Å². The van der Waals surface area contributed by atoms with Crippen LogP contribution in [-0.2, 0) is 24.8 Å². The van der Waals surface area contributed by atoms with E-state index in [0.29, 0.717) is 36.1 Å². The summed E-state index contributed by atoms with van der Waals surface area (Å²) in [5, 5.41) is 8.86. The number of carbonyl (C=O) groups excluding carboxylic acids is 2. The molecule has 4 rings (SSSR count). The van der Waals surface area contributed by atoms with Crippen molar-refractivity contribution in [2.75, 3.05) is 12.4 Å². The fourth-order valence-electron chi connectivity index (χ4n) is 3.85. The van der Waals surface area contributed by atoms with Crippen LogP contribution in [0.25, 0.3) is 0 Å². The summed E-state index contributed by atoms with van der Waals surface area (Å²) < 4.78 is 15.8. The minimum Gasteiger partial charge on any atom is -0.486 e. The molecule has 0 spiro atoms.